The second-order valence-corrected chi connectivity index (χ2v) is 19.9. The molecule has 0 aromatic rings. The first-order valence-electron chi connectivity index (χ1n) is 27.8. The van der Waals surface area contributed by atoms with Crippen molar-refractivity contribution in [2.24, 2.45) is 11.8 Å². The van der Waals surface area contributed by atoms with Crippen LogP contribution in [0.3, 0.4) is 0 Å². The highest BCUT2D eigenvalue weighted by atomic mass is 16.6. The van der Waals surface area contributed by atoms with Crippen molar-refractivity contribution in [1.82, 2.24) is 0 Å². The quantitative estimate of drug-likeness (QED) is 0.0344. The Hall–Kier alpha value is -1.59. The fourth-order valence-corrected chi connectivity index (χ4v) is 8.49. The minimum atomic E-state index is -0.761. The monoisotopic (exact) mass is 877 g/mol. The van der Waals surface area contributed by atoms with Gasteiger partial charge in [-0.15, -0.1) is 0 Å². The van der Waals surface area contributed by atoms with E-state index in [1.807, 2.05) is 0 Å². The third kappa shape index (κ3) is 47.9. The lowest BCUT2D eigenvalue weighted by molar-refractivity contribution is -0.167. The maximum absolute atomic E-state index is 12.7. The molecule has 6 heteroatoms. The first kappa shape index (κ1) is 60.4. The summed E-state index contributed by atoms with van der Waals surface area (Å²) in [6.07, 6.45) is 50.9. The summed E-state index contributed by atoms with van der Waals surface area (Å²) in [5, 5.41) is 0. The van der Waals surface area contributed by atoms with Crippen molar-refractivity contribution < 1.29 is 28.6 Å². The molecule has 0 spiro atoms. The smallest absolute Gasteiger partial charge is 0.306 e. The van der Waals surface area contributed by atoms with E-state index in [2.05, 4.69) is 34.6 Å². The summed E-state index contributed by atoms with van der Waals surface area (Å²) in [5.74, 6) is 0.895. The number of carbonyl (C=O) groups excluding carboxylic acids is 3. The van der Waals surface area contributed by atoms with Crippen LogP contribution in [0.2, 0.25) is 0 Å². The Morgan fingerprint density at radius 1 is 0.339 bits per heavy atom. The SMILES string of the molecule is CCCCCCCCCCCC(=O)O[C@@H](COC(=O)CCCCCCCCCCCCCCCCC(C)C)COC(=O)CCCCCCCCCCCCCCCCC(C)CC. The minimum Gasteiger partial charge on any atom is -0.462 e. The molecular weight excluding hydrogens is 769 g/mol. The van der Waals surface area contributed by atoms with E-state index in [0.717, 1.165) is 69.6 Å². The largest absolute Gasteiger partial charge is 0.462 e. The van der Waals surface area contributed by atoms with E-state index in [4.69, 9.17) is 14.2 Å². The first-order valence-corrected chi connectivity index (χ1v) is 27.8. The summed E-state index contributed by atoms with van der Waals surface area (Å²) in [5.41, 5.74) is 0. The summed E-state index contributed by atoms with van der Waals surface area (Å²) in [6.45, 7) is 11.4. The van der Waals surface area contributed by atoms with Gasteiger partial charge in [-0.25, -0.2) is 0 Å². The number of carbonyl (C=O) groups is 3. The van der Waals surface area contributed by atoms with Crippen LogP contribution in [0.25, 0.3) is 0 Å². The van der Waals surface area contributed by atoms with E-state index >= 15 is 0 Å². The van der Waals surface area contributed by atoms with E-state index in [1.165, 1.54) is 199 Å². The van der Waals surface area contributed by atoms with Crippen LogP contribution in [0, 0.1) is 11.8 Å². The van der Waals surface area contributed by atoms with Gasteiger partial charge in [0.1, 0.15) is 13.2 Å². The van der Waals surface area contributed by atoms with Gasteiger partial charge in [0.25, 0.3) is 0 Å². The van der Waals surface area contributed by atoms with E-state index in [-0.39, 0.29) is 31.1 Å². The van der Waals surface area contributed by atoms with Gasteiger partial charge in [0, 0.05) is 19.3 Å². The molecule has 0 amide bonds. The molecule has 0 bridgehead atoms. The molecule has 0 aromatic heterocycles. The lowest BCUT2D eigenvalue weighted by atomic mass is 9.99. The zero-order valence-electron chi connectivity index (χ0n) is 42.5. The summed E-state index contributed by atoms with van der Waals surface area (Å²) in [6, 6.07) is 0. The van der Waals surface area contributed by atoms with Crippen LogP contribution in [0.15, 0.2) is 0 Å². The van der Waals surface area contributed by atoms with Gasteiger partial charge in [-0.05, 0) is 31.1 Å². The molecule has 1 unspecified atom stereocenters. The fraction of sp³-hybridized carbons (Fsp3) is 0.946. The molecule has 0 heterocycles. The molecule has 0 aliphatic heterocycles. The third-order valence-corrected chi connectivity index (χ3v) is 13.1. The van der Waals surface area contributed by atoms with E-state index in [1.54, 1.807) is 0 Å². The highest BCUT2D eigenvalue weighted by Gasteiger charge is 2.19. The minimum absolute atomic E-state index is 0.0632. The molecule has 62 heavy (non-hydrogen) atoms. The maximum atomic E-state index is 12.7. The second kappa shape index (κ2) is 48.9. The molecule has 0 saturated carbocycles. The van der Waals surface area contributed by atoms with Gasteiger partial charge >= 0.3 is 17.9 Å². The fourth-order valence-electron chi connectivity index (χ4n) is 8.49. The Kier molecular flexibility index (Phi) is 47.6. The van der Waals surface area contributed by atoms with Crippen LogP contribution < -0.4 is 0 Å². The number of ether oxygens (including phenoxy) is 3. The van der Waals surface area contributed by atoms with Crippen molar-refractivity contribution in [3.63, 3.8) is 0 Å². The molecule has 0 aliphatic carbocycles. The summed E-state index contributed by atoms with van der Waals surface area (Å²) in [7, 11) is 0. The normalized spacial score (nSPS) is 12.5. The topological polar surface area (TPSA) is 78.9 Å². The zero-order chi connectivity index (χ0) is 45.4. The Balaban J connectivity index is 4.20. The predicted octanol–water partition coefficient (Wildman–Crippen LogP) is 18.1. The van der Waals surface area contributed by atoms with Crippen molar-refractivity contribution in [2.75, 3.05) is 13.2 Å². The molecule has 0 N–H and O–H groups in total. The standard InChI is InChI=1S/C56H108O6/c1-6-8-9-10-11-24-33-38-43-48-56(59)62-53(49-60-54(57)46-41-36-31-27-22-18-14-12-16-20-25-29-34-39-44-51(3)4)50-61-55(58)47-42-37-32-28-23-19-15-13-17-21-26-30-35-40-45-52(5)7-2/h51-53H,6-50H2,1-5H3/t52?,53-/m0/s1. The molecule has 0 rings (SSSR count). The molecule has 0 saturated heterocycles. The van der Waals surface area contributed by atoms with Crippen LogP contribution in [0.4, 0.5) is 0 Å². The Labute approximate surface area is 387 Å². The Morgan fingerprint density at radius 2 is 0.613 bits per heavy atom. The lowest BCUT2D eigenvalue weighted by Crippen LogP contribution is -2.30. The van der Waals surface area contributed by atoms with E-state index < -0.39 is 6.10 Å². The van der Waals surface area contributed by atoms with E-state index in [0.29, 0.717) is 19.3 Å². The Morgan fingerprint density at radius 3 is 0.919 bits per heavy atom. The number of hydrogen-bond donors (Lipinski definition) is 0. The van der Waals surface area contributed by atoms with Crippen molar-refractivity contribution in [3.05, 3.63) is 0 Å². The second-order valence-electron chi connectivity index (χ2n) is 19.9. The van der Waals surface area contributed by atoms with Crippen LogP contribution in [0.1, 0.15) is 311 Å². The average molecular weight is 877 g/mol. The lowest BCUT2D eigenvalue weighted by Gasteiger charge is -2.18. The van der Waals surface area contributed by atoms with Gasteiger partial charge in [0.15, 0.2) is 6.10 Å². The first-order chi connectivity index (χ1) is 30.3. The third-order valence-electron chi connectivity index (χ3n) is 13.1. The van der Waals surface area contributed by atoms with Crippen LogP contribution >= 0.6 is 0 Å². The van der Waals surface area contributed by atoms with Crippen molar-refractivity contribution >= 4 is 17.9 Å². The van der Waals surface area contributed by atoms with Crippen LogP contribution in [0.5, 0.6) is 0 Å². The van der Waals surface area contributed by atoms with Crippen LogP contribution in [-0.4, -0.2) is 37.2 Å². The number of hydrogen-bond acceptors (Lipinski definition) is 6. The number of rotatable bonds is 50. The van der Waals surface area contributed by atoms with Crippen molar-refractivity contribution in [1.29, 1.82) is 0 Å². The molecule has 0 fully saturated rings. The summed E-state index contributed by atoms with van der Waals surface area (Å²) in [4.78, 5) is 38.0. The highest BCUT2D eigenvalue weighted by Crippen LogP contribution is 2.18. The van der Waals surface area contributed by atoms with Gasteiger partial charge in [-0.2, -0.15) is 0 Å². The van der Waals surface area contributed by atoms with Gasteiger partial charge < -0.3 is 14.2 Å². The van der Waals surface area contributed by atoms with Crippen molar-refractivity contribution in [2.45, 2.75) is 317 Å². The molecule has 2 atom stereocenters. The molecule has 368 valence electrons. The van der Waals surface area contributed by atoms with Gasteiger partial charge in [0.05, 0.1) is 0 Å². The zero-order valence-corrected chi connectivity index (χ0v) is 42.5. The number of esters is 3. The molecular formula is C56H108O6. The highest BCUT2D eigenvalue weighted by molar-refractivity contribution is 5.71. The van der Waals surface area contributed by atoms with Gasteiger partial charge in [0.2, 0.25) is 0 Å². The van der Waals surface area contributed by atoms with Gasteiger partial charge in [-0.1, -0.05) is 272 Å². The molecule has 0 aliphatic rings. The summed E-state index contributed by atoms with van der Waals surface area (Å²) >= 11 is 0. The van der Waals surface area contributed by atoms with Gasteiger partial charge in [-0.3, -0.25) is 14.4 Å². The van der Waals surface area contributed by atoms with Crippen molar-refractivity contribution in [3.8, 4) is 0 Å². The molecule has 0 radical (unpaired) electrons. The molecule has 0 aromatic carbocycles. The van der Waals surface area contributed by atoms with Crippen LogP contribution in [-0.2, 0) is 28.6 Å². The maximum Gasteiger partial charge on any atom is 0.306 e. The average Bonchev–Trinajstić information content (AvgIpc) is 3.26. The summed E-state index contributed by atoms with van der Waals surface area (Å²) < 4.78 is 16.8. The van der Waals surface area contributed by atoms with E-state index in [9.17, 15) is 14.4 Å². The predicted molar refractivity (Wildman–Crippen MR) is 266 cm³/mol. The number of unbranched alkanes of at least 4 members (excludes halogenated alkanes) is 34. The Bertz CT molecular complexity index is 949. The molecule has 6 nitrogen and oxygen atoms in total.